The summed E-state index contributed by atoms with van der Waals surface area (Å²) in [6.45, 7) is 5.68. The van der Waals surface area contributed by atoms with Gasteiger partial charge in [0.25, 0.3) is 0 Å². The number of benzene rings is 1. The summed E-state index contributed by atoms with van der Waals surface area (Å²) in [4.78, 5) is 2.23. The predicted molar refractivity (Wildman–Crippen MR) is 125 cm³/mol. The molecule has 1 aromatic carbocycles. The van der Waals surface area contributed by atoms with Crippen molar-refractivity contribution in [3.63, 3.8) is 0 Å². The molecule has 1 unspecified atom stereocenters. The van der Waals surface area contributed by atoms with Crippen LogP contribution in [-0.2, 0) is 37.9 Å². The summed E-state index contributed by atoms with van der Waals surface area (Å²) < 4.78 is 48.3. The largest absolute Gasteiger partial charge is 0.396 e. The highest BCUT2D eigenvalue weighted by atomic mass is 16.8. The van der Waals surface area contributed by atoms with E-state index in [9.17, 15) is 0 Å². The van der Waals surface area contributed by atoms with Gasteiger partial charge in [-0.15, -0.1) is 0 Å². The van der Waals surface area contributed by atoms with Gasteiger partial charge in [0.1, 0.15) is 24.4 Å². The molecule has 0 aliphatic carbocycles. The van der Waals surface area contributed by atoms with E-state index in [1.165, 1.54) is 0 Å². The van der Waals surface area contributed by atoms with Crippen molar-refractivity contribution < 1.29 is 43.0 Å². The Morgan fingerprint density at radius 1 is 0.857 bits per heavy atom. The average Bonchev–Trinajstić information content (AvgIpc) is 2.91. The van der Waals surface area contributed by atoms with E-state index in [-0.39, 0.29) is 12.7 Å². The summed E-state index contributed by atoms with van der Waals surface area (Å²) in [5.74, 6) is 0. The van der Waals surface area contributed by atoms with Crippen molar-refractivity contribution in [2.45, 2.75) is 43.4 Å². The Morgan fingerprint density at radius 3 is 2.26 bits per heavy atom. The number of hydrogen-bond acceptors (Lipinski definition) is 10. The van der Waals surface area contributed by atoms with Crippen molar-refractivity contribution in [2.24, 2.45) is 0 Å². The molecule has 0 saturated carbocycles. The molecule has 3 heterocycles. The molecular formula is C25H39NO9. The van der Waals surface area contributed by atoms with Crippen LogP contribution in [0, 0.1) is 0 Å². The highest BCUT2D eigenvalue weighted by Crippen LogP contribution is 2.36. The van der Waals surface area contributed by atoms with Crippen molar-refractivity contribution in [2.75, 3.05) is 79.6 Å². The van der Waals surface area contributed by atoms with E-state index in [2.05, 4.69) is 4.90 Å². The first kappa shape index (κ1) is 26.9. The number of rotatable bonds is 5. The molecule has 3 saturated heterocycles. The summed E-state index contributed by atoms with van der Waals surface area (Å²) >= 11 is 0. The predicted octanol–water partition coefficient (Wildman–Crippen LogP) is 0.974. The van der Waals surface area contributed by atoms with Gasteiger partial charge in [-0.25, -0.2) is 0 Å². The van der Waals surface area contributed by atoms with E-state index >= 15 is 0 Å². The summed E-state index contributed by atoms with van der Waals surface area (Å²) in [7, 11) is 1.60. The van der Waals surface area contributed by atoms with Crippen LogP contribution in [0.5, 0.6) is 0 Å². The van der Waals surface area contributed by atoms with E-state index < -0.39 is 30.9 Å². The van der Waals surface area contributed by atoms with E-state index in [1.54, 1.807) is 7.11 Å². The van der Waals surface area contributed by atoms with Gasteiger partial charge in [-0.05, 0) is 6.42 Å². The molecule has 0 amide bonds. The number of nitrogens with zero attached hydrogens (tertiary/aromatic N) is 1. The molecule has 0 radical (unpaired) electrons. The molecule has 1 N–H and O–H groups in total. The summed E-state index contributed by atoms with van der Waals surface area (Å²) in [6, 6.07) is 9.84. The molecular weight excluding hydrogens is 458 g/mol. The number of ether oxygens (including phenoxy) is 8. The van der Waals surface area contributed by atoms with Gasteiger partial charge in [0, 0.05) is 38.9 Å². The standard InChI is InChI=1S/C25H39NO9/c1-28-25-23-22(21-20(34-25)18-33-24(35-21)19-6-3-2-4-7-19)31-16-14-29-12-9-26(8-5-11-27)10-13-30-15-17-32-23/h2-4,6-7,20-25,27H,5,8-18H2,1H3/t20-,21-,22+,23-,24?,25+/m1/s1. The van der Waals surface area contributed by atoms with E-state index in [4.69, 9.17) is 43.0 Å². The fourth-order valence-corrected chi connectivity index (χ4v) is 4.59. The Balaban J connectivity index is 1.42. The van der Waals surface area contributed by atoms with Gasteiger partial charge in [0.15, 0.2) is 12.6 Å². The molecule has 3 fully saturated rings. The second-order valence-electron chi connectivity index (χ2n) is 8.77. The van der Waals surface area contributed by atoms with Crippen molar-refractivity contribution in [1.29, 1.82) is 0 Å². The summed E-state index contributed by atoms with van der Waals surface area (Å²) in [5, 5.41) is 9.15. The maximum absolute atomic E-state index is 9.15. The molecule has 10 nitrogen and oxygen atoms in total. The fraction of sp³-hybridized carbons (Fsp3) is 0.760. The topological polar surface area (TPSA) is 97.3 Å². The van der Waals surface area contributed by atoms with Crippen LogP contribution in [-0.4, -0.2) is 120 Å². The van der Waals surface area contributed by atoms with Crippen molar-refractivity contribution >= 4 is 0 Å². The van der Waals surface area contributed by atoms with Crippen LogP contribution in [0.3, 0.4) is 0 Å². The van der Waals surface area contributed by atoms with Gasteiger partial charge in [0.2, 0.25) is 0 Å². The van der Waals surface area contributed by atoms with Crippen molar-refractivity contribution in [1.82, 2.24) is 4.90 Å². The van der Waals surface area contributed by atoms with E-state index in [1.807, 2.05) is 30.3 Å². The number of aliphatic hydroxyl groups excluding tert-OH is 1. The molecule has 3 aliphatic rings. The normalized spacial score (nSPS) is 34.2. The minimum atomic E-state index is -0.618. The maximum atomic E-state index is 9.15. The highest BCUT2D eigenvalue weighted by Gasteiger charge is 2.51. The molecule has 35 heavy (non-hydrogen) atoms. The SMILES string of the molecule is CO[C@H]1O[C@@H]2COC(c3ccccc3)O[C@H]2[C@@H]2OCCOCCN(CCCO)CCOCCO[C@@H]12. The Morgan fingerprint density at radius 2 is 1.57 bits per heavy atom. The van der Waals surface area contributed by atoms with Gasteiger partial charge in [-0.2, -0.15) is 0 Å². The van der Waals surface area contributed by atoms with Crippen molar-refractivity contribution in [3.8, 4) is 0 Å². The first-order valence-corrected chi connectivity index (χ1v) is 12.5. The third-order valence-corrected chi connectivity index (χ3v) is 6.40. The quantitative estimate of drug-likeness (QED) is 0.634. The minimum absolute atomic E-state index is 0.172. The molecule has 0 bridgehead atoms. The van der Waals surface area contributed by atoms with Crippen LogP contribution in [0.25, 0.3) is 0 Å². The Kier molecular flexibility index (Phi) is 11.2. The van der Waals surface area contributed by atoms with E-state index in [0.717, 1.165) is 31.6 Å². The van der Waals surface area contributed by atoms with Crippen LogP contribution >= 0.6 is 0 Å². The lowest BCUT2D eigenvalue weighted by atomic mass is 9.97. The fourth-order valence-electron chi connectivity index (χ4n) is 4.59. The molecule has 6 atom stereocenters. The summed E-state index contributed by atoms with van der Waals surface area (Å²) in [6.07, 6.45) is -2.06. The van der Waals surface area contributed by atoms with Crippen LogP contribution in [0.1, 0.15) is 18.3 Å². The first-order valence-electron chi connectivity index (χ1n) is 12.5. The number of methoxy groups -OCH3 is 1. The second-order valence-corrected chi connectivity index (χ2v) is 8.77. The Labute approximate surface area is 207 Å². The zero-order valence-corrected chi connectivity index (χ0v) is 20.5. The smallest absolute Gasteiger partial charge is 0.186 e. The molecule has 4 rings (SSSR count). The Bertz CT molecular complexity index is 711. The van der Waals surface area contributed by atoms with Gasteiger partial charge < -0.3 is 43.0 Å². The molecule has 0 spiro atoms. The zero-order valence-electron chi connectivity index (χ0n) is 20.5. The molecule has 3 aliphatic heterocycles. The lowest BCUT2D eigenvalue weighted by molar-refractivity contribution is -0.368. The third-order valence-electron chi connectivity index (χ3n) is 6.40. The number of aliphatic hydroxyl groups is 1. The van der Waals surface area contributed by atoms with Crippen LogP contribution < -0.4 is 0 Å². The third kappa shape index (κ3) is 7.65. The zero-order chi connectivity index (χ0) is 24.3. The van der Waals surface area contributed by atoms with Crippen LogP contribution in [0.4, 0.5) is 0 Å². The number of hydrogen-bond donors (Lipinski definition) is 1. The van der Waals surface area contributed by atoms with Gasteiger partial charge >= 0.3 is 0 Å². The van der Waals surface area contributed by atoms with Gasteiger partial charge in [-0.1, -0.05) is 30.3 Å². The lowest BCUT2D eigenvalue weighted by Gasteiger charge is -2.48. The van der Waals surface area contributed by atoms with Crippen LogP contribution in [0.15, 0.2) is 30.3 Å². The average molecular weight is 498 g/mol. The van der Waals surface area contributed by atoms with Crippen molar-refractivity contribution in [3.05, 3.63) is 35.9 Å². The molecule has 198 valence electrons. The van der Waals surface area contributed by atoms with Crippen LogP contribution in [0.2, 0.25) is 0 Å². The molecule has 1 aromatic rings. The maximum Gasteiger partial charge on any atom is 0.186 e. The second kappa shape index (κ2) is 14.5. The minimum Gasteiger partial charge on any atom is -0.396 e. The lowest BCUT2D eigenvalue weighted by Crippen LogP contribution is -2.63. The molecule has 10 heteroatoms. The first-order chi connectivity index (χ1) is 17.3. The molecule has 0 aromatic heterocycles. The Hall–Kier alpha value is -1.18. The van der Waals surface area contributed by atoms with Gasteiger partial charge in [0.05, 0.1) is 46.2 Å². The highest BCUT2D eigenvalue weighted by molar-refractivity contribution is 5.16. The summed E-state index contributed by atoms with van der Waals surface area (Å²) in [5.41, 5.74) is 0.942. The monoisotopic (exact) mass is 497 g/mol. The van der Waals surface area contributed by atoms with Gasteiger partial charge in [-0.3, -0.25) is 4.90 Å². The number of fused-ring (bicyclic) bond motifs is 3. The van der Waals surface area contributed by atoms with E-state index in [0.29, 0.717) is 46.2 Å².